The third kappa shape index (κ3) is 20.1. The van der Waals surface area contributed by atoms with Crippen LogP contribution in [-0.2, 0) is 82.4 Å². The molecule has 0 aliphatic carbocycles. The molecule has 1 aromatic carbocycles. The van der Waals surface area contributed by atoms with Crippen molar-refractivity contribution in [2.75, 3.05) is 13.2 Å². The zero-order chi connectivity index (χ0) is 52.1. The number of hydrogen-bond acceptors (Lipinski definition) is 20. The molecule has 398 valence electrons. The van der Waals surface area contributed by atoms with Crippen LogP contribution in [0.25, 0.3) is 0 Å². The van der Waals surface area contributed by atoms with Gasteiger partial charge < -0.3 is 78.7 Å². The number of carbonyl (C=O) groups is 6. The van der Waals surface area contributed by atoms with Crippen LogP contribution in [0.15, 0.2) is 30.3 Å². The molecule has 2 amide bonds. The molecule has 24 nitrogen and oxygen atoms in total. The number of rotatable bonds is 29. The minimum atomic E-state index is -5.52. The van der Waals surface area contributed by atoms with Crippen LogP contribution in [0, 0.1) is 0 Å². The number of aliphatic hydroxyl groups excluding tert-OH is 4. The second-order valence-corrected chi connectivity index (χ2v) is 18.0. The summed E-state index contributed by atoms with van der Waals surface area (Å²) in [4.78, 5) is 98.5. The molecule has 0 saturated carbocycles. The molecular formula is C45H71N2O22P. The lowest BCUT2D eigenvalue weighted by Crippen LogP contribution is -2.68. The summed E-state index contributed by atoms with van der Waals surface area (Å²) < 4.78 is 64.1. The van der Waals surface area contributed by atoms with E-state index in [9.17, 15) is 63.5 Å². The van der Waals surface area contributed by atoms with Crippen LogP contribution in [0.4, 0.5) is 0 Å². The van der Waals surface area contributed by atoms with E-state index in [1.54, 1.807) is 71.9 Å². The topological polar surface area (TPSA) is 348 Å². The maximum absolute atomic E-state index is 13.9. The summed E-state index contributed by atoms with van der Waals surface area (Å²) in [5, 5.41) is 48.2. The zero-order valence-electron chi connectivity index (χ0n) is 40.3. The molecule has 14 atom stereocenters. The van der Waals surface area contributed by atoms with Gasteiger partial charge in [0.25, 0.3) is 0 Å². The number of hydrogen-bond donors (Lipinski definition) is 8. The molecule has 0 bridgehead atoms. The first-order valence-corrected chi connectivity index (χ1v) is 25.0. The van der Waals surface area contributed by atoms with Gasteiger partial charge in [-0.2, -0.15) is 0 Å². The van der Waals surface area contributed by atoms with E-state index < -0.39 is 168 Å². The van der Waals surface area contributed by atoms with Crippen molar-refractivity contribution in [1.29, 1.82) is 0 Å². The average Bonchev–Trinajstić information content (AvgIpc) is 3.31. The number of amides is 2. The molecule has 3 rings (SSSR count). The Bertz CT molecular complexity index is 1860. The summed E-state index contributed by atoms with van der Waals surface area (Å²) in [5.74, 6) is -5.02. The van der Waals surface area contributed by atoms with Gasteiger partial charge in [0.15, 0.2) is 24.8 Å². The van der Waals surface area contributed by atoms with Crippen molar-refractivity contribution in [2.45, 2.75) is 198 Å². The molecule has 25 heteroatoms. The summed E-state index contributed by atoms with van der Waals surface area (Å²) in [6.45, 7) is 8.18. The van der Waals surface area contributed by atoms with Gasteiger partial charge in [0, 0.05) is 12.8 Å². The number of ether oxygens (including phenoxy) is 8. The summed E-state index contributed by atoms with van der Waals surface area (Å²) in [6, 6.07) is 5.30. The van der Waals surface area contributed by atoms with E-state index >= 15 is 0 Å². The van der Waals surface area contributed by atoms with E-state index in [-0.39, 0.29) is 45.1 Å². The van der Waals surface area contributed by atoms with Crippen molar-refractivity contribution >= 4 is 43.5 Å². The molecule has 4 unspecified atom stereocenters. The third-order valence-corrected chi connectivity index (χ3v) is 11.8. The lowest BCUT2D eigenvalue weighted by molar-refractivity contribution is -0.300. The number of esters is 4. The van der Waals surface area contributed by atoms with Crippen LogP contribution in [0.3, 0.4) is 0 Å². The van der Waals surface area contributed by atoms with Gasteiger partial charge in [-0.1, -0.05) is 71.9 Å². The predicted octanol–water partition coefficient (Wildman–Crippen LogP) is 0.860. The Morgan fingerprint density at radius 3 is 1.76 bits per heavy atom. The summed E-state index contributed by atoms with van der Waals surface area (Å²) in [5.41, 5.74) is 0.672. The number of phosphoric acid groups is 1. The number of phosphoric ester groups is 1. The number of aliphatic hydroxyl groups is 4. The van der Waals surface area contributed by atoms with E-state index in [1.807, 2.05) is 0 Å². The highest BCUT2D eigenvalue weighted by atomic mass is 31.2. The molecule has 2 heterocycles. The SMILES string of the molecule is CCC(=O)O[C@H](CC)CC(=O)NC1[C@H](OCC2O[C@@H](O)C(NC(=O)C[C@H](O)CC)[C@@H](OC(=O)C[C@H](O)CC)[C@@H]2O)OC(COCc2ccccc2)[C@@H](OP(=O)(O)O)[C@@H]1OC(=O)C[C@@H](CC)OC(=O)CC. The highest BCUT2D eigenvalue weighted by Crippen LogP contribution is 2.43. The second-order valence-electron chi connectivity index (χ2n) is 16.8. The van der Waals surface area contributed by atoms with E-state index in [0.29, 0.717) is 5.56 Å². The summed E-state index contributed by atoms with van der Waals surface area (Å²) in [7, 11) is -5.52. The fourth-order valence-electron chi connectivity index (χ4n) is 7.24. The minimum absolute atomic E-state index is 0.0103. The molecular weight excluding hydrogens is 951 g/mol. The summed E-state index contributed by atoms with van der Waals surface area (Å²) >= 11 is 0. The van der Waals surface area contributed by atoms with Gasteiger partial charge in [-0.05, 0) is 31.2 Å². The lowest BCUT2D eigenvalue weighted by Gasteiger charge is -2.46. The fraction of sp³-hybridized carbons (Fsp3) is 0.733. The van der Waals surface area contributed by atoms with E-state index in [0.717, 1.165) is 0 Å². The van der Waals surface area contributed by atoms with Crippen molar-refractivity contribution in [3.05, 3.63) is 35.9 Å². The van der Waals surface area contributed by atoms with Crippen LogP contribution in [0.1, 0.15) is 111 Å². The Morgan fingerprint density at radius 1 is 0.643 bits per heavy atom. The average molecular weight is 1020 g/mol. The Hall–Kier alpha value is -4.17. The molecule has 2 aliphatic heterocycles. The van der Waals surface area contributed by atoms with Gasteiger partial charge in [-0.15, -0.1) is 0 Å². The van der Waals surface area contributed by atoms with Crippen LogP contribution in [0.5, 0.6) is 0 Å². The first kappa shape index (κ1) is 60.1. The molecule has 0 aromatic heterocycles. The van der Waals surface area contributed by atoms with Gasteiger partial charge in [-0.25, -0.2) is 4.57 Å². The maximum Gasteiger partial charge on any atom is 0.470 e. The molecule has 70 heavy (non-hydrogen) atoms. The third-order valence-electron chi connectivity index (χ3n) is 11.3. The standard InChI is InChI=1S/C45H71N2O22P/c1-7-26(48)18-32(50)46-38-42(67-36(54)19-27(49)8-2)40(56)30(65-44(38)57)24-62-45-39(47-33(51)20-28(9-3)63-34(52)11-5)43(68-37(55)21-29(10-4)64-35(53)12-6)41(69-70(58,59)60)31(66-45)23-61-22-25-16-14-13-15-17-25/h13-17,26-31,38-45,48-49,56-57H,7-12,18-24H2,1-6H3,(H,46,50)(H,47,51)(H2,58,59,60)/t26-,27-,28-,29-,30?,31?,38?,39?,40-,41-,42-,43-,44-,45-/m1/s1. The van der Waals surface area contributed by atoms with Crippen LogP contribution >= 0.6 is 7.82 Å². The van der Waals surface area contributed by atoms with Crippen molar-refractivity contribution in [3.63, 3.8) is 0 Å². The molecule has 2 saturated heterocycles. The molecule has 8 N–H and O–H groups in total. The smallest absolute Gasteiger partial charge is 0.462 e. The highest BCUT2D eigenvalue weighted by Gasteiger charge is 2.54. The molecule has 2 aliphatic rings. The fourth-order valence-corrected chi connectivity index (χ4v) is 7.81. The van der Waals surface area contributed by atoms with Crippen LogP contribution in [-0.4, -0.2) is 165 Å². The first-order chi connectivity index (χ1) is 33.1. The highest BCUT2D eigenvalue weighted by molar-refractivity contribution is 7.46. The number of carbonyl (C=O) groups excluding carboxylic acids is 6. The molecule has 2 fully saturated rings. The Labute approximate surface area is 406 Å². The largest absolute Gasteiger partial charge is 0.470 e. The zero-order valence-corrected chi connectivity index (χ0v) is 41.2. The van der Waals surface area contributed by atoms with E-state index in [1.165, 1.54) is 0 Å². The molecule has 0 radical (unpaired) electrons. The van der Waals surface area contributed by atoms with Crippen molar-refractivity contribution < 1.29 is 106 Å². The number of nitrogens with one attached hydrogen (secondary N) is 2. The van der Waals surface area contributed by atoms with E-state index in [4.69, 9.17) is 42.4 Å². The Kier molecular flexibility index (Phi) is 25.8. The molecule has 1 aromatic rings. The van der Waals surface area contributed by atoms with E-state index in [2.05, 4.69) is 10.6 Å². The first-order valence-electron chi connectivity index (χ1n) is 23.5. The van der Waals surface area contributed by atoms with Crippen molar-refractivity contribution in [3.8, 4) is 0 Å². The molecule has 0 spiro atoms. The Morgan fingerprint density at radius 2 is 1.19 bits per heavy atom. The van der Waals surface area contributed by atoms with Crippen molar-refractivity contribution in [1.82, 2.24) is 10.6 Å². The van der Waals surface area contributed by atoms with Crippen molar-refractivity contribution in [2.24, 2.45) is 0 Å². The lowest BCUT2D eigenvalue weighted by atomic mass is 9.95. The van der Waals surface area contributed by atoms with Gasteiger partial charge in [-0.3, -0.25) is 33.3 Å². The van der Waals surface area contributed by atoms with Crippen LogP contribution in [0.2, 0.25) is 0 Å². The quantitative estimate of drug-likeness (QED) is 0.0313. The van der Waals surface area contributed by atoms with Gasteiger partial charge in [0.2, 0.25) is 11.8 Å². The minimum Gasteiger partial charge on any atom is -0.462 e. The monoisotopic (exact) mass is 1020 g/mol. The van der Waals surface area contributed by atoms with Crippen LogP contribution < -0.4 is 10.6 Å². The van der Waals surface area contributed by atoms with Gasteiger partial charge >= 0.3 is 31.7 Å². The van der Waals surface area contributed by atoms with Gasteiger partial charge in [0.1, 0.15) is 48.7 Å². The van der Waals surface area contributed by atoms with Gasteiger partial charge in [0.05, 0.1) is 57.7 Å². The normalized spacial score (nSPS) is 26.4. The predicted molar refractivity (Wildman–Crippen MR) is 240 cm³/mol. The maximum atomic E-state index is 13.9. The number of benzene rings is 1. The second kappa shape index (κ2) is 30.0. The Balaban J connectivity index is 2.12. The summed E-state index contributed by atoms with van der Waals surface area (Å²) in [6.07, 6.45) is -20.3.